The van der Waals surface area contributed by atoms with Crippen LogP contribution in [0.25, 0.3) is 16.9 Å². The molecule has 0 spiro atoms. The molecule has 146 valence electrons. The molecule has 0 atom stereocenters. The predicted octanol–water partition coefficient (Wildman–Crippen LogP) is 4.31. The number of benzene rings is 1. The Kier molecular flexibility index (Phi) is 5.19. The minimum atomic E-state index is 0.199. The fourth-order valence-electron chi connectivity index (χ4n) is 4.07. The molecule has 0 radical (unpaired) electrons. The number of nitrogens with zero attached hydrogens (tertiary/aromatic N) is 3. The summed E-state index contributed by atoms with van der Waals surface area (Å²) >= 11 is 0. The van der Waals surface area contributed by atoms with Crippen molar-refractivity contribution in [1.82, 2.24) is 9.38 Å². The van der Waals surface area contributed by atoms with E-state index in [0.717, 1.165) is 54.8 Å². The lowest BCUT2D eigenvalue weighted by molar-refractivity contribution is -0.108. The molecule has 28 heavy (non-hydrogen) atoms. The Morgan fingerprint density at radius 2 is 1.86 bits per heavy atom. The van der Waals surface area contributed by atoms with Gasteiger partial charge in [0.1, 0.15) is 17.2 Å². The third kappa shape index (κ3) is 3.19. The Bertz CT molecular complexity index is 976. The van der Waals surface area contributed by atoms with Gasteiger partial charge in [-0.1, -0.05) is 25.3 Å². The molecule has 6 nitrogen and oxygen atoms in total. The number of carbonyl (C=O) groups is 1. The number of anilines is 1. The Balaban J connectivity index is 1.89. The second kappa shape index (κ2) is 7.92. The molecule has 0 bridgehead atoms. The van der Waals surface area contributed by atoms with E-state index in [4.69, 9.17) is 14.5 Å². The summed E-state index contributed by atoms with van der Waals surface area (Å²) in [6.45, 7) is 0. The fourth-order valence-corrected chi connectivity index (χ4v) is 4.07. The lowest BCUT2D eigenvalue weighted by Gasteiger charge is -2.31. The molecule has 3 aromatic rings. The van der Waals surface area contributed by atoms with Crippen LogP contribution < -0.4 is 14.4 Å². The molecule has 2 heterocycles. The molecule has 1 fully saturated rings. The van der Waals surface area contributed by atoms with E-state index in [2.05, 4.69) is 0 Å². The average Bonchev–Trinajstić information content (AvgIpc) is 3.14. The Labute approximate surface area is 164 Å². The first kappa shape index (κ1) is 18.3. The van der Waals surface area contributed by atoms with Crippen LogP contribution in [0.2, 0.25) is 0 Å². The number of hydrogen-bond donors (Lipinski definition) is 0. The quantitative estimate of drug-likeness (QED) is 0.599. The van der Waals surface area contributed by atoms with E-state index >= 15 is 0 Å². The van der Waals surface area contributed by atoms with Crippen LogP contribution in [0.15, 0.2) is 42.6 Å². The number of aromatic nitrogens is 2. The highest BCUT2D eigenvalue weighted by molar-refractivity contribution is 5.87. The highest BCUT2D eigenvalue weighted by Gasteiger charge is 2.27. The summed E-state index contributed by atoms with van der Waals surface area (Å²) in [4.78, 5) is 18.9. The van der Waals surface area contributed by atoms with E-state index in [9.17, 15) is 4.79 Å². The third-order valence-electron chi connectivity index (χ3n) is 5.49. The molecule has 1 amide bonds. The Morgan fingerprint density at radius 3 is 2.57 bits per heavy atom. The van der Waals surface area contributed by atoms with Gasteiger partial charge in [-0.2, -0.15) is 0 Å². The summed E-state index contributed by atoms with van der Waals surface area (Å²) in [6, 6.07) is 11.8. The van der Waals surface area contributed by atoms with Crippen LogP contribution in [0.4, 0.5) is 5.82 Å². The van der Waals surface area contributed by atoms with Crippen LogP contribution in [0.3, 0.4) is 0 Å². The SMILES string of the molecule is COc1ccc(-c2nc3ccccn3c2N(C=O)C2CCCCC2)cc1OC. The summed E-state index contributed by atoms with van der Waals surface area (Å²) in [7, 11) is 3.23. The second-order valence-electron chi connectivity index (χ2n) is 7.09. The zero-order chi connectivity index (χ0) is 19.5. The van der Waals surface area contributed by atoms with Crippen LogP contribution >= 0.6 is 0 Å². The molecular formula is C22H25N3O3. The number of methoxy groups -OCH3 is 2. The molecule has 0 N–H and O–H groups in total. The zero-order valence-electron chi connectivity index (χ0n) is 16.3. The third-order valence-corrected chi connectivity index (χ3v) is 5.49. The Hall–Kier alpha value is -3.02. The van der Waals surface area contributed by atoms with Gasteiger partial charge in [0.25, 0.3) is 0 Å². The molecule has 1 aliphatic carbocycles. The topological polar surface area (TPSA) is 56.1 Å². The van der Waals surface area contributed by atoms with Crippen LogP contribution in [0, 0.1) is 0 Å². The van der Waals surface area contributed by atoms with Gasteiger partial charge >= 0.3 is 0 Å². The molecule has 1 saturated carbocycles. The number of ether oxygens (including phenoxy) is 2. The fraction of sp³-hybridized carbons (Fsp3) is 0.364. The van der Waals surface area contributed by atoms with Crippen LogP contribution in [0.5, 0.6) is 11.5 Å². The van der Waals surface area contributed by atoms with Crippen molar-refractivity contribution in [3.63, 3.8) is 0 Å². The van der Waals surface area contributed by atoms with Gasteiger partial charge in [0.15, 0.2) is 11.5 Å². The first-order valence-electron chi connectivity index (χ1n) is 9.70. The van der Waals surface area contributed by atoms with E-state index in [1.165, 1.54) is 6.42 Å². The molecule has 0 aliphatic heterocycles. The Morgan fingerprint density at radius 1 is 1.07 bits per heavy atom. The van der Waals surface area contributed by atoms with Gasteiger partial charge in [0.2, 0.25) is 6.41 Å². The van der Waals surface area contributed by atoms with Crippen molar-refractivity contribution < 1.29 is 14.3 Å². The number of hydrogen-bond acceptors (Lipinski definition) is 4. The van der Waals surface area contributed by atoms with E-state index in [0.29, 0.717) is 11.5 Å². The number of rotatable bonds is 6. The molecule has 2 aromatic heterocycles. The van der Waals surface area contributed by atoms with E-state index < -0.39 is 0 Å². The minimum Gasteiger partial charge on any atom is -0.493 e. The first-order chi connectivity index (χ1) is 13.8. The number of fused-ring (bicyclic) bond motifs is 1. The molecule has 0 unspecified atom stereocenters. The standard InChI is InChI=1S/C22H25N3O3/c1-27-18-12-11-16(14-19(18)28-2)21-22(24-13-7-6-10-20(24)23-21)25(15-26)17-8-4-3-5-9-17/h6-7,10-15,17H,3-5,8-9H2,1-2H3. The molecule has 1 aliphatic rings. The molecule has 0 saturated heterocycles. The largest absolute Gasteiger partial charge is 0.493 e. The molecule has 4 rings (SSSR count). The van der Waals surface area contributed by atoms with Crippen molar-refractivity contribution in [2.75, 3.05) is 19.1 Å². The highest BCUT2D eigenvalue weighted by Crippen LogP contribution is 2.38. The normalized spacial score (nSPS) is 14.8. The van der Waals surface area contributed by atoms with Crippen molar-refractivity contribution in [3.05, 3.63) is 42.6 Å². The predicted molar refractivity (Wildman–Crippen MR) is 109 cm³/mol. The van der Waals surface area contributed by atoms with Gasteiger partial charge in [-0.3, -0.25) is 14.1 Å². The zero-order valence-corrected chi connectivity index (χ0v) is 16.3. The minimum absolute atomic E-state index is 0.199. The van der Waals surface area contributed by atoms with Gasteiger partial charge in [-0.15, -0.1) is 0 Å². The van der Waals surface area contributed by atoms with Crippen molar-refractivity contribution in [3.8, 4) is 22.8 Å². The van der Waals surface area contributed by atoms with Crippen molar-refractivity contribution in [2.45, 2.75) is 38.1 Å². The van der Waals surface area contributed by atoms with Crippen LogP contribution in [0.1, 0.15) is 32.1 Å². The van der Waals surface area contributed by atoms with Gasteiger partial charge in [-0.05, 0) is 43.2 Å². The van der Waals surface area contributed by atoms with Crippen molar-refractivity contribution in [1.29, 1.82) is 0 Å². The maximum atomic E-state index is 12.2. The molecular weight excluding hydrogens is 354 g/mol. The van der Waals surface area contributed by atoms with Gasteiger partial charge in [0, 0.05) is 17.8 Å². The number of amides is 1. The van der Waals surface area contributed by atoms with Gasteiger partial charge in [0.05, 0.1) is 14.2 Å². The maximum Gasteiger partial charge on any atom is 0.215 e. The number of imidazole rings is 1. The summed E-state index contributed by atoms with van der Waals surface area (Å²) in [5.41, 5.74) is 2.47. The van der Waals surface area contributed by atoms with Crippen LogP contribution in [-0.4, -0.2) is 36.1 Å². The smallest absolute Gasteiger partial charge is 0.215 e. The summed E-state index contributed by atoms with van der Waals surface area (Å²) in [5, 5.41) is 0. The highest BCUT2D eigenvalue weighted by atomic mass is 16.5. The van der Waals surface area contributed by atoms with Crippen LogP contribution in [-0.2, 0) is 4.79 Å². The van der Waals surface area contributed by atoms with E-state index in [1.54, 1.807) is 14.2 Å². The second-order valence-corrected chi connectivity index (χ2v) is 7.09. The summed E-state index contributed by atoms with van der Waals surface area (Å²) < 4.78 is 12.8. The first-order valence-corrected chi connectivity index (χ1v) is 9.70. The van der Waals surface area contributed by atoms with E-state index in [1.807, 2.05) is 51.9 Å². The maximum absolute atomic E-state index is 12.2. The lowest BCUT2D eigenvalue weighted by atomic mass is 9.94. The molecule has 6 heteroatoms. The number of pyridine rings is 1. The lowest BCUT2D eigenvalue weighted by Crippen LogP contribution is -2.36. The van der Waals surface area contributed by atoms with Gasteiger partial charge < -0.3 is 9.47 Å². The monoisotopic (exact) mass is 379 g/mol. The van der Waals surface area contributed by atoms with E-state index in [-0.39, 0.29) is 6.04 Å². The van der Waals surface area contributed by atoms with Gasteiger partial charge in [-0.25, -0.2) is 4.98 Å². The molecule has 1 aromatic carbocycles. The number of carbonyl (C=O) groups excluding carboxylic acids is 1. The van der Waals surface area contributed by atoms with Crippen molar-refractivity contribution >= 4 is 17.9 Å². The summed E-state index contributed by atoms with van der Waals surface area (Å²) in [5.74, 6) is 2.11. The summed E-state index contributed by atoms with van der Waals surface area (Å²) in [6.07, 6.45) is 8.49. The average molecular weight is 379 g/mol. The van der Waals surface area contributed by atoms with Crippen molar-refractivity contribution in [2.24, 2.45) is 0 Å².